The van der Waals surface area contributed by atoms with Gasteiger partial charge < -0.3 is 4.98 Å². The zero-order valence-corrected chi connectivity index (χ0v) is 12.7. The maximum absolute atomic E-state index is 8.57. The zero-order chi connectivity index (χ0) is 14.8. The molecule has 0 saturated heterocycles. The molecule has 0 bridgehead atoms. The molecule has 2 aromatic heterocycles. The van der Waals surface area contributed by atoms with Crippen molar-refractivity contribution in [1.29, 1.82) is 5.26 Å². The minimum Gasteiger partial charge on any atom is -0.338 e. The molecule has 0 spiro atoms. The van der Waals surface area contributed by atoms with Crippen LogP contribution in [0.3, 0.4) is 0 Å². The molecule has 5 heteroatoms. The second kappa shape index (κ2) is 5.58. The largest absolute Gasteiger partial charge is 0.338 e. The van der Waals surface area contributed by atoms with Crippen LogP contribution < -0.4 is 0 Å². The number of aromatic nitrogens is 3. The summed E-state index contributed by atoms with van der Waals surface area (Å²) in [6, 6.07) is 10.2. The highest BCUT2D eigenvalue weighted by Gasteiger charge is 2.07. The second-order valence-corrected chi connectivity index (χ2v) is 5.87. The number of H-pyrrole nitrogens is 1. The van der Waals surface area contributed by atoms with E-state index in [0.717, 1.165) is 27.4 Å². The third kappa shape index (κ3) is 2.76. The van der Waals surface area contributed by atoms with Gasteiger partial charge in [0.15, 0.2) is 0 Å². The summed E-state index contributed by atoms with van der Waals surface area (Å²) in [7, 11) is 0. The molecule has 104 valence electrons. The molecule has 0 aliphatic carbocycles. The van der Waals surface area contributed by atoms with Crippen LogP contribution in [0.5, 0.6) is 0 Å². The molecule has 0 radical (unpaired) electrons. The number of hydrogen-bond acceptors (Lipinski definition) is 4. The van der Waals surface area contributed by atoms with Crippen LogP contribution >= 0.6 is 11.8 Å². The molecule has 1 aromatic carbocycles. The van der Waals surface area contributed by atoms with E-state index in [1.165, 1.54) is 22.9 Å². The molecule has 3 rings (SSSR count). The lowest BCUT2D eigenvalue weighted by molar-refractivity contribution is 1.13. The average Bonchev–Trinajstić information content (AvgIpc) is 2.89. The summed E-state index contributed by atoms with van der Waals surface area (Å²) >= 11 is 1.43. The van der Waals surface area contributed by atoms with Gasteiger partial charge in [0.05, 0.1) is 27.9 Å². The molecule has 2 heterocycles. The fourth-order valence-corrected chi connectivity index (χ4v) is 2.62. The van der Waals surface area contributed by atoms with E-state index in [4.69, 9.17) is 5.26 Å². The van der Waals surface area contributed by atoms with Gasteiger partial charge in [-0.2, -0.15) is 5.26 Å². The third-order valence-electron chi connectivity index (χ3n) is 3.39. The van der Waals surface area contributed by atoms with E-state index < -0.39 is 0 Å². The van der Waals surface area contributed by atoms with Gasteiger partial charge in [-0.15, -0.1) is 0 Å². The lowest BCUT2D eigenvalue weighted by Gasteiger charge is -1.98. The van der Waals surface area contributed by atoms with Crippen molar-refractivity contribution >= 4 is 22.8 Å². The average molecular weight is 294 g/mol. The minimum atomic E-state index is 0.412. The van der Waals surface area contributed by atoms with Gasteiger partial charge in [0, 0.05) is 11.8 Å². The maximum Gasteiger partial charge on any atom is 0.140 e. The molecule has 0 atom stereocenters. The smallest absolute Gasteiger partial charge is 0.140 e. The van der Waals surface area contributed by atoms with Gasteiger partial charge in [-0.3, -0.25) is 0 Å². The van der Waals surface area contributed by atoms with Gasteiger partial charge >= 0.3 is 0 Å². The van der Waals surface area contributed by atoms with Gasteiger partial charge in [-0.05, 0) is 49.2 Å². The molecule has 3 aromatic rings. The van der Waals surface area contributed by atoms with E-state index in [1.807, 2.05) is 12.1 Å². The number of aromatic amines is 1. The fraction of sp³-hybridized carbons (Fsp3) is 0.188. The summed E-state index contributed by atoms with van der Waals surface area (Å²) in [6.45, 7) is 4.18. The number of imidazole rings is 1. The van der Waals surface area contributed by atoms with Gasteiger partial charge in [-0.1, -0.05) is 11.8 Å². The Morgan fingerprint density at radius 1 is 1.24 bits per heavy atom. The van der Waals surface area contributed by atoms with Crippen LogP contribution in [0.4, 0.5) is 0 Å². The molecular weight excluding hydrogens is 280 g/mol. The number of pyridine rings is 1. The molecule has 0 saturated carbocycles. The van der Waals surface area contributed by atoms with Crippen molar-refractivity contribution in [2.45, 2.75) is 18.9 Å². The number of thioether (sulfide) groups is 1. The summed E-state index contributed by atoms with van der Waals surface area (Å²) in [4.78, 5) is 12.3. The Morgan fingerprint density at radius 2 is 2.05 bits per heavy atom. The van der Waals surface area contributed by atoms with E-state index in [0.29, 0.717) is 5.75 Å². The Balaban J connectivity index is 1.95. The van der Waals surface area contributed by atoms with E-state index in [9.17, 15) is 0 Å². The maximum atomic E-state index is 8.57. The van der Waals surface area contributed by atoms with Crippen LogP contribution in [0.1, 0.15) is 11.1 Å². The quantitative estimate of drug-likeness (QED) is 0.745. The molecule has 0 fully saturated rings. The highest BCUT2D eigenvalue weighted by Crippen LogP contribution is 2.24. The van der Waals surface area contributed by atoms with Crippen molar-refractivity contribution in [2.24, 2.45) is 0 Å². The standard InChI is InChI=1S/C16H14N4S/c1-10-7-13-14(8-11(10)2)20-16(19-13)12-3-4-15(18-9-12)21-6-5-17/h3-4,7-9H,6H2,1-2H3,(H,19,20). The number of rotatable bonds is 3. The fourth-order valence-electron chi connectivity index (χ4n) is 2.12. The first-order valence-corrected chi connectivity index (χ1v) is 7.59. The number of nitrogens with zero attached hydrogens (tertiary/aromatic N) is 3. The van der Waals surface area contributed by atoms with Crippen LogP contribution in [0.25, 0.3) is 22.4 Å². The van der Waals surface area contributed by atoms with E-state index >= 15 is 0 Å². The number of benzene rings is 1. The molecule has 4 nitrogen and oxygen atoms in total. The molecule has 21 heavy (non-hydrogen) atoms. The second-order valence-electron chi connectivity index (χ2n) is 4.87. The molecule has 1 N–H and O–H groups in total. The Kier molecular flexibility index (Phi) is 3.63. The van der Waals surface area contributed by atoms with E-state index in [-0.39, 0.29) is 0 Å². The monoisotopic (exact) mass is 294 g/mol. The van der Waals surface area contributed by atoms with Crippen LogP contribution in [0.15, 0.2) is 35.5 Å². The van der Waals surface area contributed by atoms with Crippen molar-refractivity contribution in [3.63, 3.8) is 0 Å². The number of nitriles is 1. The first kappa shape index (κ1) is 13.7. The highest BCUT2D eigenvalue weighted by molar-refractivity contribution is 7.99. The molecule has 0 amide bonds. The van der Waals surface area contributed by atoms with Crippen LogP contribution in [-0.2, 0) is 0 Å². The zero-order valence-electron chi connectivity index (χ0n) is 11.8. The summed E-state index contributed by atoms with van der Waals surface area (Å²) < 4.78 is 0. The van der Waals surface area contributed by atoms with Crippen molar-refractivity contribution in [1.82, 2.24) is 15.0 Å². The highest BCUT2D eigenvalue weighted by atomic mass is 32.2. The summed E-state index contributed by atoms with van der Waals surface area (Å²) in [5.74, 6) is 1.23. The Morgan fingerprint density at radius 3 is 2.76 bits per heavy atom. The molecule has 0 aliphatic rings. The van der Waals surface area contributed by atoms with Crippen molar-refractivity contribution in [3.8, 4) is 17.5 Å². The van der Waals surface area contributed by atoms with Crippen LogP contribution in [0, 0.1) is 25.2 Å². The normalized spacial score (nSPS) is 10.7. The number of fused-ring (bicyclic) bond motifs is 1. The minimum absolute atomic E-state index is 0.412. The van der Waals surface area contributed by atoms with Gasteiger partial charge in [0.2, 0.25) is 0 Å². The van der Waals surface area contributed by atoms with Crippen LogP contribution in [0.2, 0.25) is 0 Å². The molecule has 0 aliphatic heterocycles. The lowest BCUT2D eigenvalue weighted by Crippen LogP contribution is -1.85. The Hall–Kier alpha value is -2.32. The van der Waals surface area contributed by atoms with E-state index in [2.05, 4.69) is 47.0 Å². The van der Waals surface area contributed by atoms with Crippen molar-refractivity contribution in [2.75, 3.05) is 5.75 Å². The Labute approximate surface area is 127 Å². The first-order chi connectivity index (χ1) is 10.2. The SMILES string of the molecule is Cc1cc2nc(-c3ccc(SCC#N)nc3)[nH]c2cc1C. The van der Waals surface area contributed by atoms with Crippen molar-refractivity contribution in [3.05, 3.63) is 41.6 Å². The molecule has 0 unspecified atom stereocenters. The number of aryl methyl sites for hydroxylation is 2. The van der Waals surface area contributed by atoms with Gasteiger partial charge in [-0.25, -0.2) is 9.97 Å². The lowest BCUT2D eigenvalue weighted by atomic mass is 10.1. The number of hydrogen-bond donors (Lipinski definition) is 1. The van der Waals surface area contributed by atoms with Crippen LogP contribution in [-0.4, -0.2) is 20.7 Å². The predicted octanol–water partition coefficient (Wildman–Crippen LogP) is 3.86. The Bertz CT molecular complexity index is 789. The summed E-state index contributed by atoms with van der Waals surface area (Å²) in [5, 5.41) is 9.42. The first-order valence-electron chi connectivity index (χ1n) is 6.60. The predicted molar refractivity (Wildman–Crippen MR) is 85.1 cm³/mol. The number of nitrogens with one attached hydrogen (secondary N) is 1. The third-order valence-corrected chi connectivity index (χ3v) is 4.20. The molecular formula is C16H14N4S. The summed E-state index contributed by atoms with van der Waals surface area (Å²) in [5.41, 5.74) is 5.44. The topological polar surface area (TPSA) is 65.4 Å². The van der Waals surface area contributed by atoms with E-state index in [1.54, 1.807) is 6.20 Å². The van der Waals surface area contributed by atoms with Crippen molar-refractivity contribution < 1.29 is 0 Å². The van der Waals surface area contributed by atoms with Gasteiger partial charge in [0.25, 0.3) is 0 Å². The summed E-state index contributed by atoms with van der Waals surface area (Å²) in [6.07, 6.45) is 1.79. The van der Waals surface area contributed by atoms with Gasteiger partial charge in [0.1, 0.15) is 5.82 Å².